The molecule has 4 rings (SSSR count). The van der Waals surface area contributed by atoms with Gasteiger partial charge in [0.1, 0.15) is 5.75 Å². The number of benzene rings is 3. The number of anilines is 1. The Kier molecular flexibility index (Phi) is 8.02. The van der Waals surface area contributed by atoms with E-state index in [1.165, 1.54) is 0 Å². The van der Waals surface area contributed by atoms with Gasteiger partial charge in [-0.3, -0.25) is 4.90 Å². The first-order valence-electron chi connectivity index (χ1n) is 12.0. The van der Waals surface area contributed by atoms with Gasteiger partial charge in [0.2, 0.25) is 0 Å². The topological polar surface area (TPSA) is 15.7 Å². The van der Waals surface area contributed by atoms with E-state index in [1.54, 1.807) is 7.11 Å². The third-order valence-corrected chi connectivity index (χ3v) is 6.73. The molecule has 1 aliphatic rings. The zero-order chi connectivity index (χ0) is 26.6. The summed E-state index contributed by atoms with van der Waals surface area (Å²) in [5.41, 5.74) is -0.601. The van der Waals surface area contributed by atoms with E-state index in [-0.39, 0.29) is 24.1 Å². The van der Waals surface area contributed by atoms with Gasteiger partial charge in [0.25, 0.3) is 0 Å². The molecule has 1 saturated heterocycles. The second kappa shape index (κ2) is 11.0. The van der Waals surface area contributed by atoms with Gasteiger partial charge in [-0.2, -0.15) is 26.3 Å². The van der Waals surface area contributed by atoms with Crippen LogP contribution in [0.15, 0.2) is 72.8 Å². The Morgan fingerprint density at radius 1 is 0.757 bits per heavy atom. The van der Waals surface area contributed by atoms with E-state index in [2.05, 4.69) is 9.80 Å². The fourth-order valence-electron chi connectivity index (χ4n) is 4.87. The maximum absolute atomic E-state index is 13.4. The summed E-state index contributed by atoms with van der Waals surface area (Å²) in [4.78, 5) is 4.49. The summed E-state index contributed by atoms with van der Waals surface area (Å²) in [6, 6.07) is 19.0. The minimum Gasteiger partial charge on any atom is -0.496 e. The molecule has 1 atom stereocenters. The van der Waals surface area contributed by atoms with Crippen LogP contribution in [0.1, 0.15) is 34.7 Å². The molecule has 37 heavy (non-hydrogen) atoms. The number of rotatable bonds is 7. The molecule has 9 heteroatoms. The number of alkyl halides is 6. The number of halogens is 6. The van der Waals surface area contributed by atoms with Crippen molar-refractivity contribution in [2.75, 3.05) is 38.2 Å². The van der Waals surface area contributed by atoms with Crippen molar-refractivity contribution in [3.63, 3.8) is 0 Å². The van der Waals surface area contributed by atoms with Crippen LogP contribution >= 0.6 is 0 Å². The van der Waals surface area contributed by atoms with Crippen molar-refractivity contribution in [2.24, 2.45) is 0 Å². The number of para-hydroxylation sites is 2. The third-order valence-electron chi connectivity index (χ3n) is 6.73. The highest BCUT2D eigenvalue weighted by Gasteiger charge is 2.37. The minimum atomic E-state index is -4.87. The van der Waals surface area contributed by atoms with Gasteiger partial charge >= 0.3 is 12.4 Å². The molecular weight excluding hydrogens is 494 g/mol. The van der Waals surface area contributed by atoms with Crippen molar-refractivity contribution in [2.45, 2.75) is 31.2 Å². The predicted molar refractivity (Wildman–Crippen MR) is 131 cm³/mol. The second-order valence-corrected chi connectivity index (χ2v) is 9.07. The summed E-state index contributed by atoms with van der Waals surface area (Å²) in [6.07, 6.45) is -9.35. The summed E-state index contributed by atoms with van der Waals surface area (Å²) in [7, 11) is 1.55. The molecule has 0 bridgehead atoms. The van der Waals surface area contributed by atoms with E-state index in [0.29, 0.717) is 25.3 Å². The van der Waals surface area contributed by atoms with Crippen LogP contribution in [0.3, 0.4) is 0 Å². The van der Waals surface area contributed by atoms with Crippen LogP contribution in [0.5, 0.6) is 5.75 Å². The van der Waals surface area contributed by atoms with Crippen LogP contribution in [0, 0.1) is 0 Å². The molecule has 1 heterocycles. The molecule has 3 aromatic carbocycles. The number of aryl methyl sites for hydroxylation is 1. The van der Waals surface area contributed by atoms with Crippen LogP contribution in [0.2, 0.25) is 0 Å². The average Bonchev–Trinajstić information content (AvgIpc) is 2.89. The molecule has 0 amide bonds. The van der Waals surface area contributed by atoms with Crippen molar-refractivity contribution < 1.29 is 31.1 Å². The molecule has 3 aromatic rings. The largest absolute Gasteiger partial charge is 0.496 e. The van der Waals surface area contributed by atoms with Gasteiger partial charge in [0.05, 0.1) is 18.2 Å². The molecule has 0 saturated carbocycles. The Balaban J connectivity index is 1.59. The van der Waals surface area contributed by atoms with Gasteiger partial charge < -0.3 is 9.64 Å². The van der Waals surface area contributed by atoms with Crippen molar-refractivity contribution in [3.8, 4) is 5.75 Å². The van der Waals surface area contributed by atoms with Crippen LogP contribution < -0.4 is 9.64 Å². The van der Waals surface area contributed by atoms with Gasteiger partial charge in [-0.1, -0.05) is 36.4 Å². The Bertz CT molecular complexity index is 1140. The molecule has 1 aliphatic heterocycles. The molecular formula is C28H28F6N2O. The van der Waals surface area contributed by atoms with Crippen molar-refractivity contribution in [3.05, 3.63) is 95.1 Å². The van der Waals surface area contributed by atoms with E-state index in [9.17, 15) is 26.3 Å². The Hall–Kier alpha value is -3.20. The van der Waals surface area contributed by atoms with Crippen molar-refractivity contribution >= 4 is 5.69 Å². The molecule has 0 aliphatic carbocycles. The molecule has 0 N–H and O–H groups in total. The Labute approximate surface area is 212 Å². The normalized spacial score (nSPS) is 16.0. The third kappa shape index (κ3) is 6.57. The van der Waals surface area contributed by atoms with Crippen molar-refractivity contribution in [1.29, 1.82) is 0 Å². The Morgan fingerprint density at radius 3 is 1.89 bits per heavy atom. The average molecular weight is 523 g/mol. The second-order valence-electron chi connectivity index (χ2n) is 9.07. The fraction of sp³-hybridized carbons (Fsp3) is 0.357. The van der Waals surface area contributed by atoms with E-state index >= 15 is 0 Å². The molecule has 0 radical (unpaired) electrons. The lowest BCUT2D eigenvalue weighted by atomic mass is 9.94. The molecule has 198 valence electrons. The van der Waals surface area contributed by atoms with Crippen LogP contribution in [-0.2, 0) is 18.8 Å². The van der Waals surface area contributed by atoms with Crippen molar-refractivity contribution in [1.82, 2.24) is 4.90 Å². The van der Waals surface area contributed by atoms with E-state index in [4.69, 9.17) is 4.74 Å². The molecule has 0 aromatic heterocycles. The number of hydrogen-bond donors (Lipinski definition) is 0. The fourth-order valence-corrected chi connectivity index (χ4v) is 4.87. The van der Waals surface area contributed by atoms with Gasteiger partial charge in [-0.25, -0.2) is 0 Å². The summed E-state index contributed by atoms with van der Waals surface area (Å²) in [5.74, 6) is 0.637. The van der Waals surface area contributed by atoms with Crippen LogP contribution in [0.4, 0.5) is 32.0 Å². The number of piperazine rings is 1. The summed E-state index contributed by atoms with van der Waals surface area (Å²) in [6.45, 7) is 2.87. The first kappa shape index (κ1) is 26.9. The lowest BCUT2D eigenvalue weighted by molar-refractivity contribution is -0.143. The van der Waals surface area contributed by atoms with Crippen LogP contribution in [-0.4, -0.2) is 38.2 Å². The highest BCUT2D eigenvalue weighted by molar-refractivity contribution is 5.46. The lowest BCUT2D eigenvalue weighted by Gasteiger charge is -2.41. The van der Waals surface area contributed by atoms with Gasteiger partial charge in [0, 0.05) is 43.5 Å². The van der Waals surface area contributed by atoms with Gasteiger partial charge in [-0.05, 0) is 54.8 Å². The summed E-state index contributed by atoms with van der Waals surface area (Å²) >= 11 is 0. The predicted octanol–water partition coefficient (Wildman–Crippen LogP) is 7.23. The first-order chi connectivity index (χ1) is 17.6. The number of methoxy groups -OCH3 is 1. The zero-order valence-electron chi connectivity index (χ0n) is 20.3. The summed E-state index contributed by atoms with van der Waals surface area (Å²) in [5, 5.41) is 0. The number of nitrogens with zero attached hydrogens (tertiary/aromatic N) is 2. The van der Waals surface area contributed by atoms with Gasteiger partial charge in [0.15, 0.2) is 0 Å². The summed E-state index contributed by atoms with van der Waals surface area (Å²) < 4.78 is 85.8. The number of hydrogen-bond acceptors (Lipinski definition) is 3. The Morgan fingerprint density at radius 2 is 1.32 bits per heavy atom. The highest BCUT2D eigenvalue weighted by atomic mass is 19.4. The van der Waals surface area contributed by atoms with E-state index in [0.717, 1.165) is 36.5 Å². The quantitative estimate of drug-likeness (QED) is 0.305. The van der Waals surface area contributed by atoms with Crippen LogP contribution in [0.25, 0.3) is 0 Å². The standard InChI is InChI=1S/C28H28F6N2O/c1-37-26-10-6-5-9-24(26)25(36-15-13-35(14-16-36)23-7-3-2-4-8-23)12-11-20-17-21(27(29,30)31)19-22(18-20)28(32,33)34/h2-10,17-19,25H,11-16H2,1H3. The monoisotopic (exact) mass is 522 g/mol. The molecule has 3 nitrogen and oxygen atoms in total. The zero-order valence-corrected chi connectivity index (χ0v) is 20.3. The molecule has 1 unspecified atom stereocenters. The maximum Gasteiger partial charge on any atom is 0.416 e. The smallest absolute Gasteiger partial charge is 0.416 e. The van der Waals surface area contributed by atoms with E-state index in [1.807, 2.05) is 54.6 Å². The van der Waals surface area contributed by atoms with Gasteiger partial charge in [-0.15, -0.1) is 0 Å². The molecule has 0 spiro atoms. The highest BCUT2D eigenvalue weighted by Crippen LogP contribution is 2.38. The molecule has 1 fully saturated rings. The number of ether oxygens (including phenoxy) is 1. The lowest BCUT2D eigenvalue weighted by Crippen LogP contribution is -2.47. The SMILES string of the molecule is COc1ccccc1C(CCc1cc(C(F)(F)F)cc(C(F)(F)F)c1)N1CCN(c2ccccc2)CC1. The first-order valence-corrected chi connectivity index (χ1v) is 12.0. The van der Waals surface area contributed by atoms with E-state index < -0.39 is 23.5 Å². The minimum absolute atomic E-state index is 0.00460. The maximum atomic E-state index is 13.4.